The second kappa shape index (κ2) is 7.48. The Bertz CT molecular complexity index is 412. The summed E-state index contributed by atoms with van der Waals surface area (Å²) in [5.74, 6) is 0.260. The monoisotopic (exact) mass is 250 g/mol. The first-order chi connectivity index (χ1) is 8.72. The number of carbonyl (C=O) groups excluding carboxylic acids is 2. The van der Waals surface area contributed by atoms with Crippen molar-refractivity contribution in [2.45, 2.75) is 26.7 Å². The first kappa shape index (κ1) is 14.2. The molecule has 0 aromatic heterocycles. The normalized spacial score (nSPS) is 9.89. The minimum absolute atomic E-state index is 0.324. The van der Waals surface area contributed by atoms with Crippen molar-refractivity contribution in [3.8, 4) is 5.75 Å². The first-order valence-corrected chi connectivity index (χ1v) is 6.09. The summed E-state index contributed by atoms with van der Waals surface area (Å²) >= 11 is 0. The summed E-state index contributed by atoms with van der Waals surface area (Å²) in [5.41, 5.74) is 1.29. The predicted octanol–water partition coefficient (Wildman–Crippen LogP) is 2.39. The maximum atomic E-state index is 11.8. The van der Waals surface area contributed by atoms with E-state index in [-0.39, 0.29) is 5.97 Å². The number of aryl methyl sites for hydroxylation is 1. The highest BCUT2D eigenvalue weighted by atomic mass is 16.5. The maximum Gasteiger partial charge on any atom is 0.338 e. The van der Waals surface area contributed by atoms with E-state index < -0.39 is 0 Å². The van der Waals surface area contributed by atoms with Crippen molar-refractivity contribution < 1.29 is 19.1 Å². The van der Waals surface area contributed by atoms with Crippen LogP contribution in [0.4, 0.5) is 0 Å². The first-order valence-electron chi connectivity index (χ1n) is 6.09. The van der Waals surface area contributed by atoms with Gasteiger partial charge in [0, 0.05) is 6.42 Å². The molecule has 0 amide bonds. The molecule has 1 aromatic carbocycles. The zero-order valence-corrected chi connectivity index (χ0v) is 10.8. The summed E-state index contributed by atoms with van der Waals surface area (Å²) in [6.45, 7) is 4.50. The average Bonchev–Trinajstić information content (AvgIpc) is 2.38. The molecular formula is C14H18O4. The van der Waals surface area contributed by atoms with E-state index in [9.17, 15) is 9.59 Å². The van der Waals surface area contributed by atoms with Gasteiger partial charge in [-0.05, 0) is 38.0 Å². The molecule has 1 aromatic rings. The lowest BCUT2D eigenvalue weighted by Crippen LogP contribution is -2.09. The molecule has 0 saturated heterocycles. The Morgan fingerprint density at radius 1 is 1.28 bits per heavy atom. The smallest absolute Gasteiger partial charge is 0.338 e. The van der Waals surface area contributed by atoms with E-state index in [2.05, 4.69) is 0 Å². The van der Waals surface area contributed by atoms with Gasteiger partial charge in [-0.25, -0.2) is 4.79 Å². The topological polar surface area (TPSA) is 52.6 Å². The molecule has 0 saturated carbocycles. The Hall–Kier alpha value is -1.84. The van der Waals surface area contributed by atoms with Crippen LogP contribution in [0.15, 0.2) is 18.2 Å². The number of benzene rings is 1. The molecule has 98 valence electrons. The van der Waals surface area contributed by atoms with Gasteiger partial charge in [0.05, 0.1) is 18.8 Å². The van der Waals surface area contributed by atoms with Gasteiger partial charge in [0.1, 0.15) is 12.0 Å². The molecule has 18 heavy (non-hydrogen) atoms. The molecule has 0 aliphatic rings. The number of rotatable bonds is 7. The number of aldehydes is 1. The van der Waals surface area contributed by atoms with E-state index in [0.29, 0.717) is 37.4 Å². The molecule has 1 rings (SSSR count). The molecule has 0 fully saturated rings. The molecule has 0 radical (unpaired) electrons. The van der Waals surface area contributed by atoms with Crippen molar-refractivity contribution in [1.29, 1.82) is 0 Å². The second-order valence-electron chi connectivity index (χ2n) is 3.68. The van der Waals surface area contributed by atoms with Crippen molar-refractivity contribution in [1.82, 2.24) is 0 Å². The number of hydrogen-bond donors (Lipinski definition) is 0. The third-order valence-corrected chi connectivity index (χ3v) is 2.42. The highest BCUT2D eigenvalue weighted by Crippen LogP contribution is 2.20. The van der Waals surface area contributed by atoms with Gasteiger partial charge in [0.25, 0.3) is 0 Å². The number of esters is 1. The Labute approximate surface area is 107 Å². The van der Waals surface area contributed by atoms with Crippen LogP contribution in [0.1, 0.15) is 36.2 Å². The summed E-state index contributed by atoms with van der Waals surface area (Å²) in [6.07, 6.45) is 1.76. The van der Waals surface area contributed by atoms with Crippen LogP contribution in [0.5, 0.6) is 5.75 Å². The summed E-state index contributed by atoms with van der Waals surface area (Å²) in [5, 5.41) is 0. The molecule has 0 unspecified atom stereocenters. The van der Waals surface area contributed by atoms with E-state index in [0.717, 1.165) is 11.8 Å². The fourth-order valence-electron chi connectivity index (χ4n) is 1.64. The maximum absolute atomic E-state index is 11.8. The fraction of sp³-hybridized carbons (Fsp3) is 0.429. The number of carbonyl (C=O) groups is 2. The van der Waals surface area contributed by atoms with Crippen LogP contribution in [-0.2, 0) is 16.0 Å². The highest BCUT2D eigenvalue weighted by Gasteiger charge is 2.13. The molecule has 0 bridgehead atoms. The van der Waals surface area contributed by atoms with E-state index in [1.165, 1.54) is 0 Å². The van der Waals surface area contributed by atoms with Gasteiger partial charge in [-0.3, -0.25) is 0 Å². The third kappa shape index (κ3) is 3.87. The van der Waals surface area contributed by atoms with Crippen LogP contribution >= 0.6 is 0 Å². The van der Waals surface area contributed by atoms with Crippen LogP contribution in [0.3, 0.4) is 0 Å². The minimum atomic E-state index is -0.375. The Balaban J connectivity index is 3.00. The van der Waals surface area contributed by atoms with E-state index in [4.69, 9.17) is 9.47 Å². The zero-order chi connectivity index (χ0) is 13.4. The SMILES string of the molecule is CCOC(=O)c1cc(OCC)ccc1CCC=O. The van der Waals surface area contributed by atoms with Crippen molar-refractivity contribution in [2.24, 2.45) is 0 Å². The van der Waals surface area contributed by atoms with Gasteiger partial charge in [-0.1, -0.05) is 6.07 Å². The van der Waals surface area contributed by atoms with Crippen LogP contribution < -0.4 is 4.74 Å². The van der Waals surface area contributed by atoms with Crippen LogP contribution in [0.25, 0.3) is 0 Å². The van der Waals surface area contributed by atoms with E-state index in [1.54, 1.807) is 25.1 Å². The summed E-state index contributed by atoms with van der Waals surface area (Å²) in [4.78, 5) is 22.2. The second-order valence-corrected chi connectivity index (χ2v) is 3.68. The lowest BCUT2D eigenvalue weighted by molar-refractivity contribution is -0.107. The molecule has 0 atom stereocenters. The standard InChI is InChI=1S/C14H18O4/c1-3-17-12-8-7-11(6-5-9-15)13(10-12)14(16)18-4-2/h7-10H,3-6H2,1-2H3. The molecule has 0 N–H and O–H groups in total. The minimum Gasteiger partial charge on any atom is -0.494 e. The molecule has 4 nitrogen and oxygen atoms in total. The third-order valence-electron chi connectivity index (χ3n) is 2.42. The molecule has 0 aliphatic carbocycles. The van der Waals surface area contributed by atoms with Gasteiger partial charge < -0.3 is 14.3 Å². The van der Waals surface area contributed by atoms with Crippen molar-refractivity contribution in [2.75, 3.05) is 13.2 Å². The Kier molecular flexibility index (Phi) is 5.91. The predicted molar refractivity (Wildman–Crippen MR) is 68.0 cm³/mol. The van der Waals surface area contributed by atoms with Crippen LogP contribution in [-0.4, -0.2) is 25.5 Å². The lowest BCUT2D eigenvalue weighted by atomic mass is 10.0. The molecule has 0 spiro atoms. The van der Waals surface area contributed by atoms with Crippen LogP contribution in [0.2, 0.25) is 0 Å². The van der Waals surface area contributed by atoms with Gasteiger partial charge in [0.2, 0.25) is 0 Å². The Morgan fingerprint density at radius 2 is 2.06 bits per heavy atom. The largest absolute Gasteiger partial charge is 0.494 e. The van der Waals surface area contributed by atoms with Crippen molar-refractivity contribution in [3.05, 3.63) is 29.3 Å². The van der Waals surface area contributed by atoms with Crippen LogP contribution in [0, 0.1) is 0 Å². The summed E-state index contributed by atoms with van der Waals surface area (Å²) < 4.78 is 10.4. The van der Waals surface area contributed by atoms with Gasteiger partial charge in [-0.2, -0.15) is 0 Å². The Morgan fingerprint density at radius 3 is 2.67 bits per heavy atom. The molecule has 0 heterocycles. The number of ether oxygens (including phenoxy) is 2. The zero-order valence-electron chi connectivity index (χ0n) is 10.8. The van der Waals surface area contributed by atoms with E-state index >= 15 is 0 Å². The van der Waals surface area contributed by atoms with Crippen molar-refractivity contribution >= 4 is 12.3 Å². The quantitative estimate of drug-likeness (QED) is 0.550. The van der Waals surface area contributed by atoms with E-state index in [1.807, 2.05) is 6.92 Å². The van der Waals surface area contributed by atoms with Gasteiger partial charge >= 0.3 is 5.97 Å². The van der Waals surface area contributed by atoms with Gasteiger partial charge in [0.15, 0.2) is 0 Å². The van der Waals surface area contributed by atoms with Gasteiger partial charge in [-0.15, -0.1) is 0 Å². The number of hydrogen-bond acceptors (Lipinski definition) is 4. The molecule has 4 heteroatoms. The fourth-order valence-corrected chi connectivity index (χ4v) is 1.64. The summed E-state index contributed by atoms with van der Waals surface area (Å²) in [7, 11) is 0. The summed E-state index contributed by atoms with van der Waals surface area (Å²) in [6, 6.07) is 5.27. The molecular weight excluding hydrogens is 232 g/mol. The molecule has 0 aliphatic heterocycles. The van der Waals surface area contributed by atoms with Crippen molar-refractivity contribution in [3.63, 3.8) is 0 Å². The average molecular weight is 250 g/mol. The lowest BCUT2D eigenvalue weighted by Gasteiger charge is -2.10. The highest BCUT2D eigenvalue weighted by molar-refractivity contribution is 5.91.